The van der Waals surface area contributed by atoms with Gasteiger partial charge in [0.1, 0.15) is 17.9 Å². The maximum atomic E-state index is 12.5. The van der Waals surface area contributed by atoms with Crippen LogP contribution in [0.3, 0.4) is 0 Å². The van der Waals surface area contributed by atoms with Crippen LogP contribution < -0.4 is 21.5 Å². The van der Waals surface area contributed by atoms with Gasteiger partial charge in [-0.15, -0.1) is 0 Å². The smallest absolute Gasteiger partial charge is 0.237 e. The summed E-state index contributed by atoms with van der Waals surface area (Å²) in [5, 5.41) is 4.05. The maximum Gasteiger partial charge on any atom is 0.237 e. The Balaban J connectivity index is 1.71. The van der Waals surface area contributed by atoms with Gasteiger partial charge in [-0.2, -0.15) is 0 Å². The Labute approximate surface area is 171 Å². The van der Waals surface area contributed by atoms with E-state index in [0.29, 0.717) is 31.7 Å². The molecule has 6 heteroatoms. The number of fused-ring (bicyclic) bond motifs is 1. The van der Waals surface area contributed by atoms with Gasteiger partial charge in [0.15, 0.2) is 0 Å². The van der Waals surface area contributed by atoms with Gasteiger partial charge < -0.3 is 21.5 Å². The monoisotopic (exact) mass is 392 g/mol. The normalized spacial score (nSPS) is 13.0. The number of carbonyl (C=O) groups excluding carboxylic acids is 1. The fraction of sp³-hybridized carbons (Fsp3) is 0.304. The lowest BCUT2D eigenvalue weighted by atomic mass is 10.1. The number of nitrogens with one attached hydrogen (secondary N) is 1. The van der Waals surface area contributed by atoms with Crippen LogP contribution in [-0.2, 0) is 11.2 Å². The number of ether oxygens (including phenoxy) is 1. The number of benzene rings is 2. The molecule has 2 aromatic carbocycles. The number of nitrogens with zero attached hydrogens (tertiary/aromatic N) is 1. The first-order chi connectivity index (χ1) is 14.2. The van der Waals surface area contributed by atoms with Crippen LogP contribution in [0.15, 0.2) is 66.9 Å². The molecule has 1 amide bonds. The molecule has 1 heterocycles. The van der Waals surface area contributed by atoms with Crippen LogP contribution in [-0.4, -0.2) is 36.1 Å². The van der Waals surface area contributed by atoms with Crippen LogP contribution in [0.25, 0.3) is 10.9 Å². The third kappa shape index (κ3) is 6.01. The Morgan fingerprint density at radius 1 is 1.07 bits per heavy atom. The fourth-order valence-corrected chi connectivity index (χ4v) is 3.21. The summed E-state index contributed by atoms with van der Waals surface area (Å²) in [6, 6.07) is 18.9. The summed E-state index contributed by atoms with van der Waals surface area (Å²) in [5.41, 5.74) is 13.5. The molecule has 5 N–H and O–H groups in total. The molecule has 1 aromatic heterocycles. The quantitative estimate of drug-likeness (QED) is 0.492. The third-order valence-corrected chi connectivity index (χ3v) is 4.76. The van der Waals surface area contributed by atoms with Crippen molar-refractivity contribution in [2.24, 2.45) is 11.5 Å². The van der Waals surface area contributed by atoms with E-state index in [-0.39, 0.29) is 11.9 Å². The summed E-state index contributed by atoms with van der Waals surface area (Å²) in [7, 11) is 0. The van der Waals surface area contributed by atoms with Crippen LogP contribution in [0.1, 0.15) is 18.4 Å². The van der Waals surface area contributed by atoms with E-state index in [9.17, 15) is 4.79 Å². The first kappa shape index (κ1) is 20.8. The van der Waals surface area contributed by atoms with Gasteiger partial charge in [0.25, 0.3) is 0 Å². The van der Waals surface area contributed by atoms with Crippen molar-refractivity contribution in [3.8, 4) is 5.75 Å². The van der Waals surface area contributed by atoms with E-state index in [4.69, 9.17) is 16.2 Å². The van der Waals surface area contributed by atoms with Crippen LogP contribution in [0.5, 0.6) is 5.75 Å². The largest absolute Gasteiger partial charge is 0.489 e. The van der Waals surface area contributed by atoms with Gasteiger partial charge in [0.2, 0.25) is 5.91 Å². The summed E-state index contributed by atoms with van der Waals surface area (Å²) in [6.07, 6.45) is 3.67. The summed E-state index contributed by atoms with van der Waals surface area (Å²) in [6.45, 7) is 0.839. The second kappa shape index (κ2) is 10.5. The summed E-state index contributed by atoms with van der Waals surface area (Å²) < 4.78 is 6.08. The second-order valence-electron chi connectivity index (χ2n) is 7.07. The second-order valence-corrected chi connectivity index (χ2v) is 7.07. The predicted molar refractivity (Wildman–Crippen MR) is 116 cm³/mol. The fourth-order valence-electron chi connectivity index (χ4n) is 3.21. The number of aromatic nitrogens is 1. The zero-order chi connectivity index (χ0) is 20.5. The van der Waals surface area contributed by atoms with Crippen molar-refractivity contribution in [3.05, 3.63) is 72.4 Å². The molecule has 0 saturated carbocycles. The van der Waals surface area contributed by atoms with E-state index >= 15 is 0 Å². The van der Waals surface area contributed by atoms with Crippen molar-refractivity contribution < 1.29 is 9.53 Å². The number of hydrogen-bond donors (Lipinski definition) is 3. The van der Waals surface area contributed by atoms with E-state index < -0.39 is 6.04 Å². The molecule has 0 aliphatic carbocycles. The van der Waals surface area contributed by atoms with Crippen molar-refractivity contribution in [1.82, 2.24) is 10.3 Å². The molecule has 0 aliphatic rings. The number of nitrogens with two attached hydrogens (primary N) is 2. The molecule has 0 fully saturated rings. The number of para-hydroxylation sites is 1. The highest BCUT2D eigenvalue weighted by Gasteiger charge is 2.19. The molecular formula is C23H28N4O2. The van der Waals surface area contributed by atoms with Crippen molar-refractivity contribution in [1.29, 1.82) is 0 Å². The zero-order valence-corrected chi connectivity index (χ0v) is 16.5. The Morgan fingerprint density at radius 3 is 2.66 bits per heavy atom. The molecule has 29 heavy (non-hydrogen) atoms. The van der Waals surface area contributed by atoms with Crippen molar-refractivity contribution in [2.75, 3.05) is 13.2 Å². The predicted octanol–water partition coefficient (Wildman–Crippen LogP) is 2.41. The number of rotatable bonds is 10. The van der Waals surface area contributed by atoms with Crippen molar-refractivity contribution in [3.63, 3.8) is 0 Å². The van der Waals surface area contributed by atoms with Gasteiger partial charge in [-0.25, -0.2) is 0 Å². The van der Waals surface area contributed by atoms with E-state index in [0.717, 1.165) is 22.9 Å². The van der Waals surface area contributed by atoms with Gasteiger partial charge in [-0.3, -0.25) is 9.78 Å². The average molecular weight is 393 g/mol. The highest BCUT2D eigenvalue weighted by Crippen LogP contribution is 2.23. The highest BCUT2D eigenvalue weighted by atomic mass is 16.5. The van der Waals surface area contributed by atoms with Gasteiger partial charge in [-0.1, -0.05) is 48.5 Å². The van der Waals surface area contributed by atoms with Crippen LogP contribution in [0.4, 0.5) is 0 Å². The molecule has 0 radical (unpaired) electrons. The molecule has 2 atom stereocenters. The molecule has 0 unspecified atom stereocenters. The molecule has 0 spiro atoms. The molecule has 0 bridgehead atoms. The molecule has 6 nitrogen and oxygen atoms in total. The third-order valence-electron chi connectivity index (χ3n) is 4.76. The number of amides is 1. The van der Waals surface area contributed by atoms with Crippen molar-refractivity contribution >= 4 is 16.8 Å². The summed E-state index contributed by atoms with van der Waals surface area (Å²) in [5.74, 6) is 0.516. The molecule has 3 aromatic rings. The topological polar surface area (TPSA) is 103 Å². The Bertz CT molecular complexity index is 912. The Morgan fingerprint density at radius 2 is 1.86 bits per heavy atom. The highest BCUT2D eigenvalue weighted by molar-refractivity contribution is 5.84. The average Bonchev–Trinajstić information content (AvgIpc) is 2.76. The molecule has 3 rings (SSSR count). The van der Waals surface area contributed by atoms with Crippen LogP contribution in [0, 0.1) is 0 Å². The lowest BCUT2D eigenvalue weighted by Gasteiger charge is -2.22. The maximum absolute atomic E-state index is 12.5. The SMILES string of the molecule is NCCC[C@@H](N)C(=O)N[C@@H](COc1cccc2cccnc12)Cc1ccccc1. The van der Waals surface area contributed by atoms with Crippen LogP contribution in [0.2, 0.25) is 0 Å². The van der Waals surface area contributed by atoms with Crippen molar-refractivity contribution in [2.45, 2.75) is 31.3 Å². The van der Waals surface area contributed by atoms with Gasteiger partial charge in [0.05, 0.1) is 12.1 Å². The first-order valence-corrected chi connectivity index (χ1v) is 9.94. The molecule has 0 aliphatic heterocycles. The molecule has 0 saturated heterocycles. The van der Waals surface area contributed by atoms with Gasteiger partial charge >= 0.3 is 0 Å². The number of pyridine rings is 1. The van der Waals surface area contributed by atoms with E-state index in [2.05, 4.69) is 10.3 Å². The van der Waals surface area contributed by atoms with E-state index in [1.54, 1.807) is 6.20 Å². The number of carbonyl (C=O) groups is 1. The lowest BCUT2D eigenvalue weighted by molar-refractivity contribution is -0.123. The first-order valence-electron chi connectivity index (χ1n) is 9.94. The Hall–Kier alpha value is -2.96. The molecular weight excluding hydrogens is 364 g/mol. The van der Waals surface area contributed by atoms with Crippen LogP contribution >= 0.6 is 0 Å². The molecule has 152 valence electrons. The Kier molecular flexibility index (Phi) is 7.55. The lowest BCUT2D eigenvalue weighted by Crippen LogP contribution is -2.48. The zero-order valence-electron chi connectivity index (χ0n) is 16.5. The minimum absolute atomic E-state index is 0.181. The number of hydrogen-bond acceptors (Lipinski definition) is 5. The van der Waals surface area contributed by atoms with Gasteiger partial charge in [0, 0.05) is 11.6 Å². The van der Waals surface area contributed by atoms with E-state index in [1.165, 1.54) is 0 Å². The van der Waals surface area contributed by atoms with E-state index in [1.807, 2.05) is 60.7 Å². The summed E-state index contributed by atoms with van der Waals surface area (Å²) in [4.78, 5) is 17.0. The summed E-state index contributed by atoms with van der Waals surface area (Å²) >= 11 is 0. The van der Waals surface area contributed by atoms with Gasteiger partial charge in [-0.05, 0) is 43.5 Å². The minimum atomic E-state index is -0.573. The minimum Gasteiger partial charge on any atom is -0.489 e. The standard InChI is InChI=1S/C23H28N4O2/c24-13-5-11-20(25)23(28)27-19(15-17-7-2-1-3-8-17)16-29-21-12-4-9-18-10-6-14-26-22(18)21/h1-4,6-10,12,14,19-20H,5,11,13,15-16,24-25H2,(H,27,28)/t19-,20-/m1/s1.